The van der Waals surface area contributed by atoms with E-state index in [9.17, 15) is 0 Å². The highest BCUT2D eigenvalue weighted by atomic mass is 35.5. The van der Waals surface area contributed by atoms with E-state index >= 15 is 0 Å². The molecule has 1 aromatic carbocycles. The number of aromatic nitrogens is 2. The number of hydrogen-bond acceptors (Lipinski definition) is 5. The molecule has 17 heavy (non-hydrogen) atoms. The third-order valence-electron chi connectivity index (χ3n) is 2.41. The summed E-state index contributed by atoms with van der Waals surface area (Å²) in [6.07, 6.45) is 0.570. The molecule has 1 unspecified atom stereocenters. The molecule has 0 spiro atoms. The van der Waals surface area contributed by atoms with Crippen LogP contribution in [0.4, 0.5) is 0 Å². The van der Waals surface area contributed by atoms with Gasteiger partial charge < -0.3 is 0 Å². The number of rotatable bonds is 4. The Balaban J connectivity index is 2.25. The van der Waals surface area contributed by atoms with E-state index in [-0.39, 0.29) is 6.04 Å². The molecule has 1 heterocycles. The first kappa shape index (κ1) is 12.7. The lowest BCUT2D eigenvalue weighted by Crippen LogP contribution is -2.30. The van der Waals surface area contributed by atoms with Gasteiger partial charge in [-0.05, 0) is 35.6 Å². The molecule has 3 N–H and O–H groups in total. The summed E-state index contributed by atoms with van der Waals surface area (Å²) < 4.78 is 3.81. The van der Waals surface area contributed by atoms with Crippen LogP contribution in [0.25, 0.3) is 0 Å². The van der Waals surface area contributed by atoms with E-state index in [0.717, 1.165) is 11.3 Å². The molecule has 0 radical (unpaired) electrons. The molecule has 1 aromatic heterocycles. The van der Waals surface area contributed by atoms with Crippen molar-refractivity contribution in [1.29, 1.82) is 0 Å². The number of halogens is 2. The van der Waals surface area contributed by atoms with Crippen LogP contribution in [0.15, 0.2) is 23.6 Å². The summed E-state index contributed by atoms with van der Waals surface area (Å²) >= 11 is 13.5. The van der Waals surface area contributed by atoms with Crippen molar-refractivity contribution in [3.05, 3.63) is 44.9 Å². The van der Waals surface area contributed by atoms with Crippen LogP contribution >= 0.6 is 34.7 Å². The number of nitrogens with one attached hydrogen (secondary N) is 1. The van der Waals surface area contributed by atoms with Crippen molar-refractivity contribution in [2.24, 2.45) is 5.84 Å². The Kier molecular flexibility index (Phi) is 4.31. The van der Waals surface area contributed by atoms with E-state index < -0.39 is 0 Å². The fraction of sp³-hybridized carbons (Fsp3) is 0.200. The minimum Gasteiger partial charge on any atom is -0.271 e. The maximum absolute atomic E-state index is 6.11. The highest BCUT2D eigenvalue weighted by molar-refractivity contribution is 7.03. The number of hydrogen-bond donors (Lipinski definition) is 2. The fourth-order valence-corrected chi connectivity index (χ4v) is 2.56. The second-order valence-electron chi connectivity index (χ2n) is 3.45. The second kappa shape index (κ2) is 5.75. The normalized spacial score (nSPS) is 12.6. The largest absolute Gasteiger partial charge is 0.271 e. The lowest BCUT2D eigenvalue weighted by molar-refractivity contribution is 0.537. The van der Waals surface area contributed by atoms with Gasteiger partial charge in [-0.1, -0.05) is 33.8 Å². The van der Waals surface area contributed by atoms with E-state index in [2.05, 4.69) is 15.0 Å². The lowest BCUT2D eigenvalue weighted by atomic mass is 10.0. The zero-order valence-corrected chi connectivity index (χ0v) is 11.1. The summed E-state index contributed by atoms with van der Waals surface area (Å²) in [7, 11) is 0. The number of hydrazine groups is 1. The summed E-state index contributed by atoms with van der Waals surface area (Å²) in [6, 6.07) is 5.26. The van der Waals surface area contributed by atoms with E-state index in [0.29, 0.717) is 16.5 Å². The lowest BCUT2D eigenvalue weighted by Gasteiger charge is -2.14. The first-order valence-electron chi connectivity index (χ1n) is 4.88. The zero-order valence-electron chi connectivity index (χ0n) is 8.73. The monoisotopic (exact) mass is 288 g/mol. The summed E-state index contributed by atoms with van der Waals surface area (Å²) in [5.74, 6) is 5.51. The zero-order chi connectivity index (χ0) is 12.3. The Labute approximate surface area is 113 Å². The molecular weight excluding hydrogens is 279 g/mol. The number of nitrogens with zero attached hydrogens (tertiary/aromatic N) is 2. The molecular formula is C10H10Cl2N4S. The maximum Gasteiger partial charge on any atom is 0.0941 e. The standard InChI is InChI=1S/C10H10Cl2N4S/c11-7-2-1-3-8(12)6(7)4-9(14-13)10-5-17-16-15-10/h1-3,5,9,14H,4,13H2. The van der Waals surface area contributed by atoms with Crippen LogP contribution in [0.1, 0.15) is 17.3 Å². The van der Waals surface area contributed by atoms with E-state index in [1.807, 2.05) is 11.4 Å². The molecule has 0 saturated heterocycles. The Morgan fingerprint density at radius 2 is 2.06 bits per heavy atom. The van der Waals surface area contributed by atoms with Crippen LogP contribution in [0, 0.1) is 0 Å². The van der Waals surface area contributed by atoms with Crippen molar-refractivity contribution in [1.82, 2.24) is 15.0 Å². The summed E-state index contributed by atoms with van der Waals surface area (Å²) in [4.78, 5) is 0. The molecule has 0 fully saturated rings. The predicted molar refractivity (Wildman–Crippen MR) is 70.1 cm³/mol. The average Bonchev–Trinajstić information content (AvgIpc) is 2.82. The van der Waals surface area contributed by atoms with Gasteiger partial charge in [0.25, 0.3) is 0 Å². The fourth-order valence-electron chi connectivity index (χ4n) is 1.50. The molecule has 0 amide bonds. The van der Waals surface area contributed by atoms with Crippen molar-refractivity contribution in [2.45, 2.75) is 12.5 Å². The van der Waals surface area contributed by atoms with Gasteiger partial charge in [0.05, 0.1) is 11.7 Å². The first-order chi connectivity index (χ1) is 8.22. The van der Waals surface area contributed by atoms with Crippen LogP contribution in [0.5, 0.6) is 0 Å². The van der Waals surface area contributed by atoms with Gasteiger partial charge in [-0.3, -0.25) is 11.3 Å². The van der Waals surface area contributed by atoms with Crippen LogP contribution in [-0.4, -0.2) is 9.59 Å². The predicted octanol–water partition coefficient (Wildman–Crippen LogP) is 2.59. The van der Waals surface area contributed by atoms with E-state index in [1.54, 1.807) is 12.1 Å². The van der Waals surface area contributed by atoms with Crippen molar-refractivity contribution in [3.63, 3.8) is 0 Å². The SMILES string of the molecule is NNC(Cc1c(Cl)cccc1Cl)c1csnn1. The molecule has 0 aliphatic carbocycles. The molecule has 7 heteroatoms. The molecule has 2 rings (SSSR count). The Bertz CT molecular complexity index is 469. The molecule has 0 aliphatic rings. The van der Waals surface area contributed by atoms with Gasteiger partial charge in [-0.2, -0.15) is 0 Å². The third-order valence-corrected chi connectivity index (χ3v) is 3.64. The van der Waals surface area contributed by atoms with Crippen molar-refractivity contribution >= 4 is 34.7 Å². The van der Waals surface area contributed by atoms with Crippen molar-refractivity contribution in [2.75, 3.05) is 0 Å². The Morgan fingerprint density at radius 1 is 1.35 bits per heavy atom. The van der Waals surface area contributed by atoms with Crippen LogP contribution in [0.2, 0.25) is 10.0 Å². The van der Waals surface area contributed by atoms with Gasteiger partial charge in [0.15, 0.2) is 0 Å². The summed E-state index contributed by atoms with van der Waals surface area (Å²) in [6.45, 7) is 0. The molecule has 2 aromatic rings. The first-order valence-corrected chi connectivity index (χ1v) is 6.47. The Morgan fingerprint density at radius 3 is 2.59 bits per heavy atom. The highest BCUT2D eigenvalue weighted by Gasteiger charge is 2.16. The smallest absolute Gasteiger partial charge is 0.0941 e. The van der Waals surface area contributed by atoms with Gasteiger partial charge in [0.1, 0.15) is 0 Å². The molecule has 0 saturated carbocycles. The van der Waals surface area contributed by atoms with Crippen LogP contribution in [-0.2, 0) is 6.42 Å². The minimum absolute atomic E-state index is 0.147. The van der Waals surface area contributed by atoms with Gasteiger partial charge in [-0.25, -0.2) is 0 Å². The van der Waals surface area contributed by atoms with E-state index in [4.69, 9.17) is 29.0 Å². The number of benzene rings is 1. The van der Waals surface area contributed by atoms with Crippen molar-refractivity contribution < 1.29 is 0 Å². The average molecular weight is 289 g/mol. The van der Waals surface area contributed by atoms with Gasteiger partial charge in [0, 0.05) is 15.4 Å². The molecule has 4 nitrogen and oxygen atoms in total. The van der Waals surface area contributed by atoms with Gasteiger partial charge in [0.2, 0.25) is 0 Å². The minimum atomic E-state index is -0.147. The summed E-state index contributed by atoms with van der Waals surface area (Å²) in [5, 5.41) is 7.08. The van der Waals surface area contributed by atoms with E-state index in [1.165, 1.54) is 11.5 Å². The van der Waals surface area contributed by atoms with Gasteiger partial charge >= 0.3 is 0 Å². The van der Waals surface area contributed by atoms with Crippen molar-refractivity contribution in [3.8, 4) is 0 Å². The van der Waals surface area contributed by atoms with Crippen LogP contribution in [0.3, 0.4) is 0 Å². The molecule has 90 valence electrons. The summed E-state index contributed by atoms with van der Waals surface area (Å²) in [5.41, 5.74) is 4.33. The Hall–Kier alpha value is -0.720. The third kappa shape index (κ3) is 2.94. The topological polar surface area (TPSA) is 63.8 Å². The maximum atomic E-state index is 6.11. The van der Waals surface area contributed by atoms with Gasteiger partial charge in [-0.15, -0.1) is 5.10 Å². The van der Waals surface area contributed by atoms with Crippen LogP contribution < -0.4 is 11.3 Å². The second-order valence-corrected chi connectivity index (χ2v) is 4.88. The molecule has 0 bridgehead atoms. The number of nitrogens with two attached hydrogens (primary N) is 1. The molecule has 0 aliphatic heterocycles. The highest BCUT2D eigenvalue weighted by Crippen LogP contribution is 2.28. The molecule has 1 atom stereocenters. The quantitative estimate of drug-likeness (QED) is 0.671.